The number of fused-ring (bicyclic) bond motifs is 1. The van der Waals surface area contributed by atoms with Crippen LogP contribution in [0.4, 0.5) is 5.69 Å². The van der Waals surface area contributed by atoms with Crippen LogP contribution in [0.3, 0.4) is 0 Å². The molecule has 0 aliphatic rings. The second kappa shape index (κ2) is 7.35. The molecule has 1 amide bonds. The van der Waals surface area contributed by atoms with Gasteiger partial charge in [0.05, 0.1) is 25.3 Å². The summed E-state index contributed by atoms with van der Waals surface area (Å²) < 4.78 is 13.5. The lowest BCUT2D eigenvalue weighted by Gasteiger charge is -2.10. The number of methoxy groups -OCH3 is 2. The zero-order valence-corrected chi connectivity index (χ0v) is 15.0. The van der Waals surface area contributed by atoms with Crippen molar-refractivity contribution >= 4 is 22.6 Å². The van der Waals surface area contributed by atoms with Gasteiger partial charge in [0.1, 0.15) is 18.0 Å². The van der Waals surface area contributed by atoms with Gasteiger partial charge in [0.2, 0.25) is 5.91 Å². The van der Waals surface area contributed by atoms with Gasteiger partial charge in [-0.15, -0.1) is 0 Å². The summed E-state index contributed by atoms with van der Waals surface area (Å²) in [4.78, 5) is 25.1. The Kier molecular flexibility index (Phi) is 4.97. The minimum Gasteiger partial charge on any atom is -0.497 e. The fourth-order valence-electron chi connectivity index (χ4n) is 2.95. The van der Waals surface area contributed by atoms with Gasteiger partial charge in [-0.1, -0.05) is 12.1 Å². The Morgan fingerprint density at radius 3 is 2.12 bits per heavy atom. The van der Waals surface area contributed by atoms with E-state index >= 15 is 0 Å². The maximum absolute atomic E-state index is 12.6. The highest BCUT2D eigenvalue weighted by molar-refractivity contribution is 5.92. The number of benzene rings is 2. The molecule has 0 atom stereocenters. The van der Waals surface area contributed by atoms with E-state index in [0.717, 1.165) is 11.0 Å². The predicted molar refractivity (Wildman–Crippen MR) is 100 cm³/mol. The topological polar surface area (TPSA) is 74.5 Å². The number of carbonyl (C=O) groups excluding carboxylic acids is 1. The molecule has 0 fully saturated rings. The number of anilines is 1. The van der Waals surface area contributed by atoms with Crippen molar-refractivity contribution in [1.82, 2.24) is 9.13 Å². The molecule has 0 spiro atoms. The fraction of sp³-hybridized carbons (Fsp3) is 0.263. The molecule has 7 heteroatoms. The normalized spacial score (nSPS) is 10.7. The van der Waals surface area contributed by atoms with E-state index in [1.807, 2.05) is 31.2 Å². The summed E-state index contributed by atoms with van der Waals surface area (Å²) in [7, 11) is 3.08. The van der Waals surface area contributed by atoms with E-state index in [1.54, 1.807) is 37.0 Å². The van der Waals surface area contributed by atoms with Crippen LogP contribution in [-0.4, -0.2) is 29.3 Å². The lowest BCUT2D eigenvalue weighted by Crippen LogP contribution is -2.29. The molecule has 1 heterocycles. The van der Waals surface area contributed by atoms with Gasteiger partial charge in [-0.2, -0.15) is 0 Å². The summed E-state index contributed by atoms with van der Waals surface area (Å²) in [6.45, 7) is 2.37. The number of aryl methyl sites for hydroxylation is 1. The van der Waals surface area contributed by atoms with Crippen molar-refractivity contribution in [1.29, 1.82) is 0 Å². The maximum Gasteiger partial charge on any atom is 0.329 e. The van der Waals surface area contributed by atoms with Gasteiger partial charge >= 0.3 is 5.69 Å². The van der Waals surface area contributed by atoms with E-state index < -0.39 is 0 Å². The van der Waals surface area contributed by atoms with Crippen molar-refractivity contribution in [2.45, 2.75) is 20.0 Å². The van der Waals surface area contributed by atoms with Crippen molar-refractivity contribution in [3.63, 3.8) is 0 Å². The molecule has 136 valence electrons. The van der Waals surface area contributed by atoms with Crippen LogP contribution in [0.25, 0.3) is 11.0 Å². The molecule has 0 bridgehead atoms. The third-order valence-electron chi connectivity index (χ3n) is 4.18. The largest absolute Gasteiger partial charge is 0.497 e. The Bertz CT molecular complexity index is 981. The highest BCUT2D eigenvalue weighted by Gasteiger charge is 2.15. The number of hydrogen-bond acceptors (Lipinski definition) is 4. The van der Waals surface area contributed by atoms with Gasteiger partial charge < -0.3 is 14.8 Å². The van der Waals surface area contributed by atoms with E-state index in [-0.39, 0.29) is 18.1 Å². The van der Waals surface area contributed by atoms with Gasteiger partial charge in [-0.3, -0.25) is 13.9 Å². The first kappa shape index (κ1) is 17.6. The zero-order chi connectivity index (χ0) is 18.7. The highest BCUT2D eigenvalue weighted by atomic mass is 16.5. The summed E-state index contributed by atoms with van der Waals surface area (Å²) in [5.74, 6) is 0.834. The molecule has 3 rings (SSSR count). The van der Waals surface area contributed by atoms with Gasteiger partial charge in [0.25, 0.3) is 0 Å². The first-order chi connectivity index (χ1) is 12.6. The molecule has 3 aromatic rings. The van der Waals surface area contributed by atoms with Gasteiger partial charge in [-0.05, 0) is 19.1 Å². The summed E-state index contributed by atoms with van der Waals surface area (Å²) in [6, 6.07) is 12.5. The van der Waals surface area contributed by atoms with Crippen molar-refractivity contribution in [2.75, 3.05) is 19.5 Å². The van der Waals surface area contributed by atoms with Crippen molar-refractivity contribution < 1.29 is 14.3 Å². The molecule has 0 aliphatic carbocycles. The number of aromatic nitrogens is 2. The van der Waals surface area contributed by atoms with Gasteiger partial charge in [0, 0.05) is 30.4 Å². The molecule has 0 saturated carbocycles. The average Bonchev–Trinajstić information content (AvgIpc) is 2.92. The highest BCUT2D eigenvalue weighted by Crippen LogP contribution is 2.25. The predicted octanol–water partition coefficient (Wildman–Crippen LogP) is 2.48. The van der Waals surface area contributed by atoms with E-state index in [0.29, 0.717) is 23.7 Å². The minimum absolute atomic E-state index is 0.0775. The Morgan fingerprint density at radius 2 is 1.58 bits per heavy atom. The van der Waals surface area contributed by atoms with Crippen LogP contribution in [0.5, 0.6) is 11.5 Å². The molecule has 1 aromatic heterocycles. The second-order valence-corrected chi connectivity index (χ2v) is 5.75. The molecule has 0 radical (unpaired) electrons. The smallest absolute Gasteiger partial charge is 0.329 e. The van der Waals surface area contributed by atoms with Crippen molar-refractivity contribution in [2.24, 2.45) is 0 Å². The lowest BCUT2D eigenvalue weighted by molar-refractivity contribution is -0.116. The zero-order valence-electron chi connectivity index (χ0n) is 15.0. The molecule has 7 nitrogen and oxygen atoms in total. The monoisotopic (exact) mass is 355 g/mol. The van der Waals surface area contributed by atoms with Crippen LogP contribution in [0, 0.1) is 0 Å². The van der Waals surface area contributed by atoms with Crippen LogP contribution < -0.4 is 20.5 Å². The molecular weight excluding hydrogens is 334 g/mol. The fourth-order valence-corrected chi connectivity index (χ4v) is 2.95. The number of amides is 1. The molecule has 2 aromatic carbocycles. The van der Waals surface area contributed by atoms with Gasteiger partial charge in [0.15, 0.2) is 0 Å². The van der Waals surface area contributed by atoms with Crippen molar-refractivity contribution in [3.05, 3.63) is 52.9 Å². The Labute approximate surface area is 150 Å². The quantitative estimate of drug-likeness (QED) is 0.737. The number of carbonyl (C=O) groups is 1. The van der Waals surface area contributed by atoms with Crippen LogP contribution in [0.15, 0.2) is 47.3 Å². The summed E-state index contributed by atoms with van der Waals surface area (Å²) in [5, 5.41) is 2.79. The third kappa shape index (κ3) is 3.28. The first-order valence-electron chi connectivity index (χ1n) is 8.28. The second-order valence-electron chi connectivity index (χ2n) is 5.75. The van der Waals surface area contributed by atoms with Gasteiger partial charge in [-0.25, -0.2) is 4.79 Å². The first-order valence-corrected chi connectivity index (χ1v) is 8.28. The van der Waals surface area contributed by atoms with Crippen LogP contribution in [0.1, 0.15) is 6.92 Å². The van der Waals surface area contributed by atoms with E-state index in [1.165, 1.54) is 4.57 Å². The Hall–Kier alpha value is -3.22. The number of nitrogens with one attached hydrogen (secondary N) is 1. The summed E-state index contributed by atoms with van der Waals surface area (Å²) in [6.07, 6.45) is 0. The SMILES string of the molecule is CCn1c(=O)n(CC(=O)Nc2cc(OC)cc(OC)c2)c2ccccc21. The molecule has 0 unspecified atom stereocenters. The minimum atomic E-state index is -0.304. The van der Waals surface area contributed by atoms with E-state index in [2.05, 4.69) is 5.32 Å². The number of hydrogen-bond donors (Lipinski definition) is 1. The number of nitrogens with zero attached hydrogens (tertiary/aromatic N) is 2. The summed E-state index contributed by atoms with van der Waals surface area (Å²) >= 11 is 0. The summed E-state index contributed by atoms with van der Waals surface area (Å²) in [5.41, 5.74) is 1.89. The number of imidazole rings is 1. The maximum atomic E-state index is 12.6. The third-order valence-corrected chi connectivity index (χ3v) is 4.18. The van der Waals surface area contributed by atoms with Crippen LogP contribution in [-0.2, 0) is 17.9 Å². The Balaban J connectivity index is 1.89. The molecule has 0 saturated heterocycles. The van der Waals surface area contributed by atoms with Crippen molar-refractivity contribution in [3.8, 4) is 11.5 Å². The number of rotatable bonds is 6. The van der Waals surface area contributed by atoms with Crippen LogP contribution >= 0.6 is 0 Å². The lowest BCUT2D eigenvalue weighted by atomic mass is 10.2. The standard InChI is InChI=1S/C19H21N3O4/c1-4-21-16-7-5-6-8-17(16)22(19(21)24)12-18(23)20-13-9-14(25-2)11-15(10-13)26-3/h5-11H,4,12H2,1-3H3,(H,20,23). The molecule has 26 heavy (non-hydrogen) atoms. The molecular formula is C19H21N3O4. The number of para-hydroxylation sites is 2. The van der Waals surface area contributed by atoms with E-state index in [4.69, 9.17) is 9.47 Å². The molecule has 0 aliphatic heterocycles. The Morgan fingerprint density at radius 1 is 1.00 bits per heavy atom. The van der Waals surface area contributed by atoms with Crippen LogP contribution in [0.2, 0.25) is 0 Å². The molecule has 1 N–H and O–H groups in total. The average molecular weight is 355 g/mol. The number of ether oxygens (including phenoxy) is 2. The van der Waals surface area contributed by atoms with E-state index in [9.17, 15) is 9.59 Å².